The van der Waals surface area contributed by atoms with Gasteiger partial charge in [0.15, 0.2) is 0 Å². The molecule has 0 unspecified atom stereocenters. The van der Waals surface area contributed by atoms with Crippen LogP contribution < -0.4 is 5.46 Å². The van der Waals surface area contributed by atoms with Gasteiger partial charge in [0, 0.05) is 12.6 Å². The lowest BCUT2D eigenvalue weighted by Crippen LogP contribution is -2.38. The zero-order valence-corrected chi connectivity index (χ0v) is 11.3. The summed E-state index contributed by atoms with van der Waals surface area (Å²) in [6.07, 6.45) is 4.93. The lowest BCUT2D eigenvalue weighted by Gasteiger charge is -2.28. The normalized spacial score (nSPS) is 16.3. The number of rotatable bonds is 5. The molecule has 3 nitrogen and oxygen atoms in total. The molecule has 0 bridgehead atoms. The molecule has 0 saturated heterocycles. The molecular formula is C14H21BFNO2. The van der Waals surface area contributed by atoms with E-state index < -0.39 is 12.9 Å². The molecule has 0 spiro atoms. The van der Waals surface area contributed by atoms with Gasteiger partial charge in [-0.15, -0.1) is 0 Å². The van der Waals surface area contributed by atoms with E-state index in [-0.39, 0.29) is 5.46 Å². The summed E-state index contributed by atoms with van der Waals surface area (Å²) in [4.78, 5) is 2.34. The summed E-state index contributed by atoms with van der Waals surface area (Å²) in [6, 6.07) is 4.81. The molecule has 1 saturated carbocycles. The highest BCUT2D eigenvalue weighted by Crippen LogP contribution is 2.24. The molecule has 1 aromatic rings. The van der Waals surface area contributed by atoms with Gasteiger partial charge in [0.2, 0.25) is 0 Å². The second kappa shape index (κ2) is 6.50. The maximum absolute atomic E-state index is 13.2. The molecule has 0 atom stereocenters. The van der Waals surface area contributed by atoms with Gasteiger partial charge >= 0.3 is 7.12 Å². The average Bonchev–Trinajstić information content (AvgIpc) is 2.90. The highest BCUT2D eigenvalue weighted by molar-refractivity contribution is 6.59. The number of hydrogen-bond acceptors (Lipinski definition) is 3. The van der Waals surface area contributed by atoms with Gasteiger partial charge in [-0.3, -0.25) is 4.90 Å². The SMILES string of the molecule is CCN(Cc1ccc(F)cc1B(O)O)C1CCCC1. The molecule has 0 radical (unpaired) electrons. The van der Waals surface area contributed by atoms with E-state index in [9.17, 15) is 14.4 Å². The molecule has 1 aromatic carbocycles. The van der Waals surface area contributed by atoms with E-state index in [1.165, 1.54) is 37.8 Å². The minimum absolute atomic E-state index is 0.274. The Balaban J connectivity index is 2.16. The van der Waals surface area contributed by atoms with Gasteiger partial charge in [-0.2, -0.15) is 0 Å². The molecule has 2 N–H and O–H groups in total. The largest absolute Gasteiger partial charge is 0.488 e. The van der Waals surface area contributed by atoms with Crippen LogP contribution in [0.5, 0.6) is 0 Å². The summed E-state index contributed by atoms with van der Waals surface area (Å²) in [7, 11) is -1.62. The van der Waals surface area contributed by atoms with E-state index in [4.69, 9.17) is 0 Å². The Kier molecular flexibility index (Phi) is 4.96. The molecular weight excluding hydrogens is 244 g/mol. The Morgan fingerprint density at radius 1 is 1.32 bits per heavy atom. The average molecular weight is 265 g/mol. The van der Waals surface area contributed by atoms with Gasteiger partial charge in [0.05, 0.1) is 0 Å². The standard InChI is InChI=1S/C14H21BFNO2/c1-2-17(13-5-3-4-6-13)10-11-7-8-12(16)9-14(11)15(18)19/h7-9,13,18-19H,2-6,10H2,1H3. The van der Waals surface area contributed by atoms with Crippen LogP contribution in [0.2, 0.25) is 0 Å². The van der Waals surface area contributed by atoms with E-state index in [0.29, 0.717) is 12.6 Å². The zero-order chi connectivity index (χ0) is 13.8. The van der Waals surface area contributed by atoms with Crippen LogP contribution in [0.25, 0.3) is 0 Å². The van der Waals surface area contributed by atoms with Crippen molar-refractivity contribution in [3.8, 4) is 0 Å². The zero-order valence-electron chi connectivity index (χ0n) is 11.3. The summed E-state index contributed by atoms with van der Waals surface area (Å²) in [5.41, 5.74) is 1.07. The van der Waals surface area contributed by atoms with E-state index in [0.717, 1.165) is 12.1 Å². The van der Waals surface area contributed by atoms with Crippen LogP contribution in [0.4, 0.5) is 4.39 Å². The van der Waals surface area contributed by atoms with Crippen molar-refractivity contribution < 1.29 is 14.4 Å². The highest BCUT2D eigenvalue weighted by atomic mass is 19.1. The lowest BCUT2D eigenvalue weighted by atomic mass is 9.76. The number of nitrogens with zero attached hydrogens (tertiary/aromatic N) is 1. The van der Waals surface area contributed by atoms with Gasteiger partial charge in [-0.25, -0.2) is 4.39 Å². The quantitative estimate of drug-likeness (QED) is 0.788. The first-order valence-corrected chi connectivity index (χ1v) is 7.00. The van der Waals surface area contributed by atoms with Crippen LogP contribution in [-0.2, 0) is 6.54 Å². The van der Waals surface area contributed by atoms with Crippen LogP contribution in [-0.4, -0.2) is 34.7 Å². The lowest BCUT2D eigenvalue weighted by molar-refractivity contribution is 0.200. The fraction of sp³-hybridized carbons (Fsp3) is 0.571. The third-order valence-electron chi connectivity index (χ3n) is 4.01. The van der Waals surface area contributed by atoms with Crippen LogP contribution >= 0.6 is 0 Å². The van der Waals surface area contributed by atoms with Crippen molar-refractivity contribution in [1.29, 1.82) is 0 Å². The van der Waals surface area contributed by atoms with Crippen molar-refractivity contribution in [2.45, 2.75) is 45.2 Å². The van der Waals surface area contributed by atoms with E-state index in [1.807, 2.05) is 0 Å². The predicted molar refractivity (Wildman–Crippen MR) is 74.6 cm³/mol. The van der Waals surface area contributed by atoms with E-state index in [1.54, 1.807) is 6.07 Å². The smallest absolute Gasteiger partial charge is 0.423 e. The molecule has 0 amide bonds. The molecule has 1 aliphatic carbocycles. The topological polar surface area (TPSA) is 43.7 Å². The summed E-state index contributed by atoms with van der Waals surface area (Å²) < 4.78 is 13.2. The summed E-state index contributed by atoms with van der Waals surface area (Å²) in [5.74, 6) is -0.434. The maximum atomic E-state index is 13.2. The van der Waals surface area contributed by atoms with Crippen molar-refractivity contribution in [1.82, 2.24) is 4.90 Å². The Morgan fingerprint density at radius 2 is 2.00 bits per heavy atom. The van der Waals surface area contributed by atoms with Gasteiger partial charge in [0.1, 0.15) is 5.82 Å². The molecule has 0 heterocycles. The highest BCUT2D eigenvalue weighted by Gasteiger charge is 2.24. The summed E-state index contributed by atoms with van der Waals surface area (Å²) >= 11 is 0. The Hall–Kier alpha value is -0.905. The summed E-state index contributed by atoms with van der Waals surface area (Å²) in [6.45, 7) is 3.67. The Labute approximate surface area is 114 Å². The van der Waals surface area contributed by atoms with Crippen LogP contribution in [0.1, 0.15) is 38.2 Å². The Morgan fingerprint density at radius 3 is 2.58 bits per heavy atom. The minimum Gasteiger partial charge on any atom is -0.423 e. The molecule has 1 aliphatic rings. The van der Waals surface area contributed by atoms with Crippen molar-refractivity contribution in [2.75, 3.05) is 6.54 Å². The third-order valence-corrected chi connectivity index (χ3v) is 4.01. The van der Waals surface area contributed by atoms with Crippen LogP contribution in [0.3, 0.4) is 0 Å². The van der Waals surface area contributed by atoms with Crippen molar-refractivity contribution in [3.05, 3.63) is 29.6 Å². The van der Waals surface area contributed by atoms with Gasteiger partial charge in [-0.1, -0.05) is 25.8 Å². The number of halogens is 1. The third kappa shape index (κ3) is 3.56. The first-order valence-electron chi connectivity index (χ1n) is 7.00. The van der Waals surface area contributed by atoms with Crippen molar-refractivity contribution >= 4 is 12.6 Å². The van der Waals surface area contributed by atoms with E-state index in [2.05, 4.69) is 11.8 Å². The van der Waals surface area contributed by atoms with Gasteiger partial charge < -0.3 is 10.0 Å². The molecule has 104 valence electrons. The second-order valence-corrected chi connectivity index (χ2v) is 5.22. The first-order chi connectivity index (χ1) is 9.11. The van der Waals surface area contributed by atoms with Crippen molar-refractivity contribution in [2.24, 2.45) is 0 Å². The van der Waals surface area contributed by atoms with Gasteiger partial charge in [-0.05, 0) is 42.5 Å². The van der Waals surface area contributed by atoms with Crippen LogP contribution in [0, 0.1) is 5.82 Å². The number of hydrogen-bond donors (Lipinski definition) is 2. The fourth-order valence-corrected chi connectivity index (χ4v) is 2.94. The molecule has 19 heavy (non-hydrogen) atoms. The van der Waals surface area contributed by atoms with Crippen LogP contribution in [0.15, 0.2) is 18.2 Å². The first kappa shape index (κ1) is 14.5. The molecule has 5 heteroatoms. The number of benzene rings is 1. The fourth-order valence-electron chi connectivity index (χ4n) is 2.94. The van der Waals surface area contributed by atoms with Gasteiger partial charge in [0.25, 0.3) is 0 Å². The molecule has 1 fully saturated rings. The predicted octanol–water partition coefficient (Wildman–Crippen LogP) is 1.27. The summed E-state index contributed by atoms with van der Waals surface area (Å²) in [5, 5.41) is 18.7. The van der Waals surface area contributed by atoms with E-state index >= 15 is 0 Å². The maximum Gasteiger partial charge on any atom is 0.488 e. The molecule has 0 aromatic heterocycles. The second-order valence-electron chi connectivity index (χ2n) is 5.22. The monoisotopic (exact) mass is 265 g/mol. The minimum atomic E-state index is -1.62. The van der Waals surface area contributed by atoms with Crippen molar-refractivity contribution in [3.63, 3.8) is 0 Å². The Bertz CT molecular complexity index is 422. The molecule has 0 aliphatic heterocycles. The molecule has 2 rings (SSSR count).